The number of carboxylic acids is 1. The van der Waals surface area contributed by atoms with Gasteiger partial charge in [0.2, 0.25) is 0 Å². The highest BCUT2D eigenvalue weighted by Gasteiger charge is 2.08. The lowest BCUT2D eigenvalue weighted by Gasteiger charge is -2.07. The summed E-state index contributed by atoms with van der Waals surface area (Å²) in [7, 11) is 0. The fraction of sp³-hybridized carbons (Fsp3) is 0.0667. The predicted octanol–water partition coefficient (Wildman–Crippen LogP) is 2.36. The van der Waals surface area contributed by atoms with Crippen molar-refractivity contribution >= 4 is 22.8 Å². The van der Waals surface area contributed by atoms with Crippen molar-refractivity contribution in [2.24, 2.45) is 0 Å². The lowest BCUT2D eigenvalue weighted by Crippen LogP contribution is -2.19. The van der Waals surface area contributed by atoms with Crippen LogP contribution in [0.1, 0.15) is 10.4 Å². The average Bonchev–Trinajstić information content (AvgIpc) is 2.81. The number of anilines is 1. The second-order valence-corrected chi connectivity index (χ2v) is 4.48. The van der Waals surface area contributed by atoms with E-state index in [2.05, 4.69) is 5.32 Å². The molecular weight excluding hydrogens is 272 g/mol. The Labute approximate surface area is 119 Å². The number of fused-ring (bicyclic) bond motifs is 1. The molecule has 0 spiro atoms. The second kappa shape index (κ2) is 5.16. The summed E-state index contributed by atoms with van der Waals surface area (Å²) < 4.78 is 6.60. The Morgan fingerprint density at radius 3 is 2.57 bits per heavy atom. The Morgan fingerprint density at radius 1 is 1.14 bits per heavy atom. The maximum absolute atomic E-state index is 11.8. The summed E-state index contributed by atoms with van der Waals surface area (Å²) in [6, 6.07) is 13.5. The van der Waals surface area contributed by atoms with Crippen LogP contribution in [-0.4, -0.2) is 15.6 Å². The Balaban J connectivity index is 1.82. The number of aromatic carboxylic acids is 1. The molecule has 0 unspecified atom stereocenters. The van der Waals surface area contributed by atoms with Gasteiger partial charge in [-0.3, -0.25) is 4.57 Å². The fourth-order valence-electron chi connectivity index (χ4n) is 2.06. The third kappa shape index (κ3) is 2.51. The maximum Gasteiger partial charge on any atom is 0.421 e. The average molecular weight is 284 g/mol. The molecule has 0 amide bonds. The van der Waals surface area contributed by atoms with E-state index in [1.54, 1.807) is 30.3 Å². The smallest absolute Gasteiger partial charge is 0.421 e. The van der Waals surface area contributed by atoms with Crippen LogP contribution in [0.25, 0.3) is 11.1 Å². The molecule has 1 heterocycles. The zero-order valence-electron chi connectivity index (χ0n) is 10.9. The highest BCUT2D eigenvalue weighted by molar-refractivity contribution is 5.88. The van der Waals surface area contributed by atoms with E-state index in [4.69, 9.17) is 9.52 Å². The molecule has 106 valence electrons. The summed E-state index contributed by atoms with van der Waals surface area (Å²) in [5.41, 5.74) is 2.17. The van der Waals surface area contributed by atoms with E-state index < -0.39 is 11.7 Å². The number of oxazole rings is 1. The van der Waals surface area contributed by atoms with Crippen LogP contribution in [0, 0.1) is 0 Å². The normalized spacial score (nSPS) is 10.7. The monoisotopic (exact) mass is 284 g/mol. The number of rotatable bonds is 4. The molecule has 0 aliphatic heterocycles. The lowest BCUT2D eigenvalue weighted by atomic mass is 10.2. The highest BCUT2D eigenvalue weighted by Crippen LogP contribution is 2.13. The molecule has 3 rings (SSSR count). The topological polar surface area (TPSA) is 84.5 Å². The summed E-state index contributed by atoms with van der Waals surface area (Å²) in [5, 5.41) is 11.9. The zero-order chi connectivity index (χ0) is 14.8. The molecule has 0 saturated carbocycles. The molecule has 0 aliphatic carbocycles. The number of carbonyl (C=O) groups is 1. The molecule has 0 bridgehead atoms. The number of hydrogen-bond donors (Lipinski definition) is 2. The molecule has 2 aromatic carbocycles. The third-order valence-electron chi connectivity index (χ3n) is 3.15. The first kappa shape index (κ1) is 13.0. The highest BCUT2D eigenvalue weighted by atomic mass is 16.4. The second-order valence-electron chi connectivity index (χ2n) is 4.48. The van der Waals surface area contributed by atoms with Gasteiger partial charge < -0.3 is 14.8 Å². The van der Waals surface area contributed by atoms with Crippen molar-refractivity contribution < 1.29 is 14.3 Å². The fourth-order valence-corrected chi connectivity index (χ4v) is 2.06. The largest absolute Gasteiger partial charge is 0.478 e. The quantitative estimate of drug-likeness (QED) is 0.768. The summed E-state index contributed by atoms with van der Waals surface area (Å²) in [6.07, 6.45) is 0. The van der Waals surface area contributed by atoms with Crippen molar-refractivity contribution in [2.75, 3.05) is 5.32 Å². The van der Waals surface area contributed by atoms with E-state index in [9.17, 15) is 9.59 Å². The number of benzene rings is 2. The van der Waals surface area contributed by atoms with Crippen molar-refractivity contribution in [3.63, 3.8) is 0 Å². The molecular formula is C15H12N2O4. The van der Waals surface area contributed by atoms with E-state index in [0.29, 0.717) is 11.1 Å². The molecule has 0 aliphatic rings. The van der Waals surface area contributed by atoms with Crippen LogP contribution in [0.5, 0.6) is 0 Å². The summed E-state index contributed by atoms with van der Waals surface area (Å²) in [4.78, 5) is 22.6. The predicted molar refractivity (Wildman–Crippen MR) is 77.5 cm³/mol. The van der Waals surface area contributed by atoms with Crippen LogP contribution < -0.4 is 11.1 Å². The number of nitrogens with zero attached hydrogens (tertiary/aromatic N) is 1. The van der Waals surface area contributed by atoms with Crippen LogP contribution in [0.2, 0.25) is 0 Å². The molecule has 0 radical (unpaired) electrons. The van der Waals surface area contributed by atoms with Crippen LogP contribution in [-0.2, 0) is 6.67 Å². The summed E-state index contributed by atoms with van der Waals surface area (Å²) >= 11 is 0. The summed E-state index contributed by atoms with van der Waals surface area (Å²) in [5.74, 6) is -1.41. The lowest BCUT2D eigenvalue weighted by molar-refractivity contribution is 0.0697. The van der Waals surface area contributed by atoms with Gasteiger partial charge in [-0.15, -0.1) is 0 Å². The molecule has 6 nitrogen and oxygen atoms in total. The Hall–Kier alpha value is -3.02. The van der Waals surface area contributed by atoms with Gasteiger partial charge in [0.1, 0.15) is 0 Å². The van der Waals surface area contributed by atoms with Gasteiger partial charge in [0.25, 0.3) is 0 Å². The molecule has 6 heteroatoms. The maximum atomic E-state index is 11.8. The first-order valence-electron chi connectivity index (χ1n) is 6.31. The van der Waals surface area contributed by atoms with Gasteiger partial charge in [-0.25, -0.2) is 9.59 Å². The van der Waals surface area contributed by atoms with Crippen molar-refractivity contribution in [1.82, 2.24) is 4.57 Å². The van der Waals surface area contributed by atoms with Gasteiger partial charge in [0, 0.05) is 5.69 Å². The summed E-state index contributed by atoms with van der Waals surface area (Å²) in [6.45, 7) is 0.238. The number of aromatic nitrogens is 1. The van der Waals surface area contributed by atoms with Gasteiger partial charge in [0.15, 0.2) is 5.58 Å². The minimum atomic E-state index is -0.974. The van der Waals surface area contributed by atoms with E-state index in [1.807, 2.05) is 6.07 Å². The SMILES string of the molecule is O=C(O)c1ccc(NCn2c(=O)oc3ccccc32)cc1. The van der Waals surface area contributed by atoms with Crippen LogP contribution in [0.4, 0.5) is 5.69 Å². The van der Waals surface area contributed by atoms with Crippen molar-refractivity contribution in [3.8, 4) is 0 Å². The molecule has 21 heavy (non-hydrogen) atoms. The van der Waals surface area contributed by atoms with Crippen LogP contribution in [0.3, 0.4) is 0 Å². The van der Waals surface area contributed by atoms with Crippen LogP contribution >= 0.6 is 0 Å². The van der Waals surface area contributed by atoms with Gasteiger partial charge >= 0.3 is 11.7 Å². The Morgan fingerprint density at radius 2 is 1.86 bits per heavy atom. The first-order chi connectivity index (χ1) is 10.1. The number of hydrogen-bond acceptors (Lipinski definition) is 4. The van der Waals surface area contributed by atoms with E-state index >= 15 is 0 Å². The number of carboxylic acid groups (broad SMARTS) is 1. The van der Waals surface area contributed by atoms with E-state index in [1.165, 1.54) is 16.7 Å². The van der Waals surface area contributed by atoms with Crippen molar-refractivity contribution in [1.29, 1.82) is 0 Å². The van der Waals surface area contributed by atoms with Gasteiger partial charge in [0.05, 0.1) is 17.7 Å². The van der Waals surface area contributed by atoms with E-state index in [0.717, 1.165) is 5.69 Å². The molecule has 0 saturated heterocycles. The molecule has 0 atom stereocenters. The van der Waals surface area contributed by atoms with Crippen molar-refractivity contribution in [3.05, 3.63) is 64.6 Å². The van der Waals surface area contributed by atoms with Gasteiger partial charge in [-0.1, -0.05) is 12.1 Å². The minimum absolute atomic E-state index is 0.214. The van der Waals surface area contributed by atoms with Crippen LogP contribution in [0.15, 0.2) is 57.7 Å². The Bertz CT molecular complexity index is 846. The van der Waals surface area contributed by atoms with Gasteiger partial charge in [-0.05, 0) is 36.4 Å². The number of nitrogens with one attached hydrogen (secondary N) is 1. The third-order valence-corrected chi connectivity index (χ3v) is 3.15. The standard InChI is InChI=1S/C15H12N2O4/c18-14(19)10-5-7-11(8-6-10)16-9-17-12-3-1-2-4-13(12)21-15(17)20/h1-8,16H,9H2,(H,18,19). The molecule has 0 fully saturated rings. The Kier molecular flexibility index (Phi) is 3.19. The van der Waals surface area contributed by atoms with Gasteiger partial charge in [-0.2, -0.15) is 0 Å². The molecule has 3 aromatic rings. The van der Waals surface area contributed by atoms with E-state index in [-0.39, 0.29) is 12.2 Å². The molecule has 2 N–H and O–H groups in total. The minimum Gasteiger partial charge on any atom is -0.478 e. The van der Waals surface area contributed by atoms with Crippen molar-refractivity contribution in [2.45, 2.75) is 6.67 Å². The first-order valence-corrected chi connectivity index (χ1v) is 6.31. The zero-order valence-corrected chi connectivity index (χ0v) is 10.9. The molecule has 1 aromatic heterocycles. The number of para-hydroxylation sites is 2.